The maximum atomic E-state index is 12.8. The number of benzene rings is 2. The summed E-state index contributed by atoms with van der Waals surface area (Å²) in [7, 11) is 0. The van der Waals surface area contributed by atoms with Crippen LogP contribution in [0.15, 0.2) is 48.5 Å². The van der Waals surface area contributed by atoms with E-state index in [-0.39, 0.29) is 22.3 Å². The van der Waals surface area contributed by atoms with Crippen LogP contribution in [0.25, 0.3) is 0 Å². The van der Waals surface area contributed by atoms with Gasteiger partial charge in [-0.3, -0.25) is 15.6 Å². The molecular formula is C20H24FN3OS. The Balaban J connectivity index is 1.73. The molecule has 6 heteroatoms. The van der Waals surface area contributed by atoms with Gasteiger partial charge in [0.1, 0.15) is 5.82 Å². The molecule has 2 aromatic rings. The summed E-state index contributed by atoms with van der Waals surface area (Å²) in [6, 6.07) is 14.1. The highest BCUT2D eigenvalue weighted by Crippen LogP contribution is 2.22. The van der Waals surface area contributed by atoms with Crippen LogP contribution in [-0.2, 0) is 16.6 Å². The third-order valence-electron chi connectivity index (χ3n) is 3.88. The molecule has 0 aliphatic rings. The van der Waals surface area contributed by atoms with Crippen molar-refractivity contribution in [2.45, 2.75) is 39.0 Å². The average molecular weight is 373 g/mol. The minimum Gasteiger partial charge on any atom is -0.331 e. The number of carbonyl (C=O) groups excluding carboxylic acids is 1. The van der Waals surface area contributed by atoms with Gasteiger partial charge in [-0.05, 0) is 59.4 Å². The van der Waals surface area contributed by atoms with E-state index in [1.54, 1.807) is 12.1 Å². The molecular weight excluding hydrogens is 349 g/mol. The van der Waals surface area contributed by atoms with Gasteiger partial charge in [-0.25, -0.2) is 4.39 Å². The number of nitrogens with one attached hydrogen (secondary N) is 3. The van der Waals surface area contributed by atoms with Crippen LogP contribution < -0.4 is 16.2 Å². The molecule has 0 radical (unpaired) electrons. The van der Waals surface area contributed by atoms with Crippen LogP contribution in [0.4, 0.5) is 10.1 Å². The highest BCUT2D eigenvalue weighted by Gasteiger charge is 2.13. The van der Waals surface area contributed by atoms with E-state index in [0.29, 0.717) is 18.5 Å². The van der Waals surface area contributed by atoms with Crippen molar-refractivity contribution in [3.05, 3.63) is 65.5 Å². The Morgan fingerprint density at radius 3 is 2.19 bits per heavy atom. The number of hydrogen-bond donors (Lipinski definition) is 3. The van der Waals surface area contributed by atoms with Crippen LogP contribution >= 0.6 is 12.2 Å². The van der Waals surface area contributed by atoms with Crippen molar-refractivity contribution >= 4 is 28.9 Å². The van der Waals surface area contributed by atoms with Gasteiger partial charge in [0.05, 0.1) is 0 Å². The molecule has 0 heterocycles. The van der Waals surface area contributed by atoms with Crippen LogP contribution in [0, 0.1) is 5.82 Å². The van der Waals surface area contributed by atoms with Gasteiger partial charge in [-0.15, -0.1) is 0 Å². The van der Waals surface area contributed by atoms with Gasteiger partial charge < -0.3 is 5.32 Å². The van der Waals surface area contributed by atoms with Crippen molar-refractivity contribution in [2.24, 2.45) is 0 Å². The summed E-state index contributed by atoms with van der Waals surface area (Å²) < 4.78 is 12.8. The molecule has 138 valence electrons. The fourth-order valence-electron chi connectivity index (χ4n) is 2.31. The lowest BCUT2D eigenvalue weighted by Crippen LogP contribution is -2.43. The smallest absolute Gasteiger partial charge is 0.238 e. The normalized spacial score (nSPS) is 10.9. The number of halogens is 1. The molecule has 0 aromatic heterocycles. The number of hydrazine groups is 1. The standard InChI is InChI=1S/C20H24FN3OS/c1-20(2,3)15-7-4-14(5-8-15)6-13-18(25)23-24-19(26)22-17-11-9-16(21)10-12-17/h4-5,7-12H,6,13H2,1-3H3,(H,23,25)(H2,22,24,26). The summed E-state index contributed by atoms with van der Waals surface area (Å²) in [5.74, 6) is -0.480. The molecule has 0 atom stereocenters. The zero-order valence-corrected chi connectivity index (χ0v) is 16.0. The van der Waals surface area contributed by atoms with Crippen LogP contribution in [0.3, 0.4) is 0 Å². The summed E-state index contributed by atoms with van der Waals surface area (Å²) in [4.78, 5) is 11.9. The lowest BCUT2D eigenvalue weighted by atomic mass is 9.86. The monoisotopic (exact) mass is 373 g/mol. The molecule has 0 unspecified atom stereocenters. The second-order valence-electron chi connectivity index (χ2n) is 7.08. The average Bonchev–Trinajstić information content (AvgIpc) is 2.60. The van der Waals surface area contributed by atoms with E-state index in [4.69, 9.17) is 12.2 Å². The van der Waals surface area contributed by atoms with Gasteiger partial charge in [-0.1, -0.05) is 45.0 Å². The zero-order valence-electron chi connectivity index (χ0n) is 15.2. The number of aryl methyl sites for hydroxylation is 1. The number of carbonyl (C=O) groups is 1. The Kier molecular flexibility index (Phi) is 6.69. The molecule has 4 nitrogen and oxygen atoms in total. The summed E-state index contributed by atoms with van der Waals surface area (Å²) in [5, 5.41) is 3.09. The Morgan fingerprint density at radius 1 is 1.00 bits per heavy atom. The quantitative estimate of drug-likeness (QED) is 0.558. The number of rotatable bonds is 4. The van der Waals surface area contributed by atoms with Crippen LogP contribution in [0.2, 0.25) is 0 Å². The van der Waals surface area contributed by atoms with Crippen LogP contribution in [0.1, 0.15) is 38.3 Å². The Bertz CT molecular complexity index is 752. The Hall–Kier alpha value is -2.47. The molecule has 2 aromatic carbocycles. The van der Waals surface area contributed by atoms with Gasteiger partial charge in [0.15, 0.2) is 5.11 Å². The molecule has 0 aliphatic heterocycles. The van der Waals surface area contributed by atoms with Crippen molar-refractivity contribution in [1.82, 2.24) is 10.9 Å². The molecule has 0 saturated heterocycles. The fourth-order valence-corrected chi connectivity index (χ4v) is 2.48. The summed E-state index contributed by atoms with van der Waals surface area (Å²) in [6.07, 6.45) is 0.997. The predicted molar refractivity (Wildman–Crippen MR) is 107 cm³/mol. The molecule has 3 N–H and O–H groups in total. The second kappa shape index (κ2) is 8.76. The minimum atomic E-state index is -0.321. The fraction of sp³-hybridized carbons (Fsp3) is 0.300. The first kappa shape index (κ1) is 19.8. The summed E-state index contributed by atoms with van der Waals surface area (Å²) in [6.45, 7) is 6.51. The second-order valence-corrected chi connectivity index (χ2v) is 7.49. The van der Waals surface area contributed by atoms with Gasteiger partial charge in [0, 0.05) is 12.1 Å². The third kappa shape index (κ3) is 6.44. The highest BCUT2D eigenvalue weighted by molar-refractivity contribution is 7.80. The predicted octanol–water partition coefficient (Wildman–Crippen LogP) is 4.07. The SMILES string of the molecule is CC(C)(C)c1ccc(CCC(=O)NNC(=S)Nc2ccc(F)cc2)cc1. The molecule has 0 spiro atoms. The van der Waals surface area contributed by atoms with Crippen molar-refractivity contribution in [2.75, 3.05) is 5.32 Å². The first-order chi connectivity index (χ1) is 12.2. The molecule has 0 aliphatic carbocycles. The molecule has 0 fully saturated rings. The first-order valence-corrected chi connectivity index (χ1v) is 8.86. The van der Waals surface area contributed by atoms with Gasteiger partial charge in [-0.2, -0.15) is 0 Å². The molecule has 1 amide bonds. The third-order valence-corrected chi connectivity index (χ3v) is 4.08. The number of amides is 1. The number of anilines is 1. The van der Waals surface area contributed by atoms with E-state index in [9.17, 15) is 9.18 Å². The van der Waals surface area contributed by atoms with E-state index >= 15 is 0 Å². The lowest BCUT2D eigenvalue weighted by molar-refractivity contribution is -0.121. The van der Waals surface area contributed by atoms with E-state index in [2.05, 4.69) is 61.2 Å². The maximum Gasteiger partial charge on any atom is 0.238 e. The molecule has 0 saturated carbocycles. The van der Waals surface area contributed by atoms with E-state index in [0.717, 1.165) is 5.56 Å². The largest absolute Gasteiger partial charge is 0.331 e. The van der Waals surface area contributed by atoms with Crippen LogP contribution in [0.5, 0.6) is 0 Å². The van der Waals surface area contributed by atoms with E-state index in [1.165, 1.54) is 17.7 Å². The van der Waals surface area contributed by atoms with Gasteiger partial charge >= 0.3 is 0 Å². The van der Waals surface area contributed by atoms with Crippen molar-refractivity contribution in [3.63, 3.8) is 0 Å². The van der Waals surface area contributed by atoms with Crippen molar-refractivity contribution < 1.29 is 9.18 Å². The topological polar surface area (TPSA) is 53.2 Å². The number of hydrogen-bond acceptors (Lipinski definition) is 2. The first-order valence-electron chi connectivity index (χ1n) is 8.45. The lowest BCUT2D eigenvalue weighted by Gasteiger charge is -2.19. The summed E-state index contributed by atoms with van der Waals surface area (Å²) in [5.41, 5.74) is 8.32. The highest BCUT2D eigenvalue weighted by atomic mass is 32.1. The van der Waals surface area contributed by atoms with Gasteiger partial charge in [0.25, 0.3) is 0 Å². The van der Waals surface area contributed by atoms with Crippen molar-refractivity contribution in [3.8, 4) is 0 Å². The Morgan fingerprint density at radius 2 is 1.62 bits per heavy atom. The Labute approximate surface area is 159 Å². The number of thiocarbonyl (C=S) groups is 1. The van der Waals surface area contributed by atoms with Crippen molar-refractivity contribution in [1.29, 1.82) is 0 Å². The van der Waals surface area contributed by atoms with E-state index in [1.807, 2.05) is 0 Å². The molecule has 0 bridgehead atoms. The molecule has 2 rings (SSSR count). The molecule has 26 heavy (non-hydrogen) atoms. The van der Waals surface area contributed by atoms with Crippen LogP contribution in [-0.4, -0.2) is 11.0 Å². The minimum absolute atomic E-state index is 0.118. The van der Waals surface area contributed by atoms with Gasteiger partial charge in [0.2, 0.25) is 5.91 Å². The maximum absolute atomic E-state index is 12.8. The zero-order chi connectivity index (χ0) is 19.2. The summed E-state index contributed by atoms with van der Waals surface area (Å²) >= 11 is 5.08. The van der Waals surface area contributed by atoms with E-state index < -0.39 is 0 Å².